The van der Waals surface area contributed by atoms with Gasteiger partial charge in [0.15, 0.2) is 0 Å². The fourth-order valence-electron chi connectivity index (χ4n) is 2.51. The standard InChI is InChI=1S/C10H12N2O3S/c13-9(14)12-4-7-5-15-11-10(7,6-12)8-2-1-3-16-8/h1-3,7,11H,4-6H2,(H,13,14). The normalized spacial score (nSPS) is 33.0. The average Bonchev–Trinajstić information content (AvgIpc) is 2.91. The topological polar surface area (TPSA) is 61.8 Å². The summed E-state index contributed by atoms with van der Waals surface area (Å²) in [5, 5.41) is 11.0. The lowest BCUT2D eigenvalue weighted by Gasteiger charge is -2.25. The van der Waals surface area contributed by atoms with Crippen molar-refractivity contribution < 1.29 is 14.7 Å². The summed E-state index contributed by atoms with van der Waals surface area (Å²) in [6, 6.07) is 4.01. The van der Waals surface area contributed by atoms with E-state index in [2.05, 4.69) is 5.48 Å². The summed E-state index contributed by atoms with van der Waals surface area (Å²) >= 11 is 1.64. The highest BCUT2D eigenvalue weighted by molar-refractivity contribution is 7.10. The van der Waals surface area contributed by atoms with E-state index in [0.29, 0.717) is 19.7 Å². The zero-order chi connectivity index (χ0) is 11.2. The predicted octanol–water partition coefficient (Wildman–Crippen LogP) is 1.09. The second kappa shape index (κ2) is 3.44. The summed E-state index contributed by atoms with van der Waals surface area (Å²) in [5.41, 5.74) is 2.70. The lowest BCUT2D eigenvalue weighted by molar-refractivity contribution is 0.0486. The van der Waals surface area contributed by atoms with Crippen LogP contribution in [0.5, 0.6) is 0 Å². The molecule has 1 aromatic rings. The molecular weight excluding hydrogens is 228 g/mol. The van der Waals surface area contributed by atoms with E-state index in [1.54, 1.807) is 11.3 Å². The van der Waals surface area contributed by atoms with Gasteiger partial charge in [0.1, 0.15) is 5.54 Å². The summed E-state index contributed by atoms with van der Waals surface area (Å²) in [4.78, 5) is 18.9. The second-order valence-electron chi connectivity index (χ2n) is 4.22. The third kappa shape index (κ3) is 1.27. The minimum atomic E-state index is -0.855. The van der Waals surface area contributed by atoms with E-state index in [0.717, 1.165) is 4.88 Å². The molecule has 0 radical (unpaired) electrons. The molecule has 2 N–H and O–H groups in total. The van der Waals surface area contributed by atoms with E-state index < -0.39 is 6.09 Å². The maximum absolute atomic E-state index is 11.0. The van der Waals surface area contributed by atoms with Gasteiger partial charge in [-0.25, -0.2) is 4.79 Å². The van der Waals surface area contributed by atoms with Gasteiger partial charge in [-0.2, -0.15) is 5.48 Å². The molecule has 0 bridgehead atoms. The molecule has 2 saturated heterocycles. The Morgan fingerprint density at radius 2 is 2.62 bits per heavy atom. The Hall–Kier alpha value is -1.11. The molecule has 1 aromatic heterocycles. The van der Waals surface area contributed by atoms with E-state index in [1.165, 1.54) is 4.90 Å². The van der Waals surface area contributed by atoms with Gasteiger partial charge in [0.05, 0.1) is 6.61 Å². The van der Waals surface area contributed by atoms with Crippen LogP contribution in [0.2, 0.25) is 0 Å². The summed E-state index contributed by atoms with van der Waals surface area (Å²) in [5.74, 6) is 0.210. The summed E-state index contributed by atoms with van der Waals surface area (Å²) in [6.07, 6.45) is -0.855. The number of carboxylic acid groups (broad SMARTS) is 1. The van der Waals surface area contributed by atoms with Crippen LogP contribution in [-0.2, 0) is 10.4 Å². The first-order valence-corrected chi connectivity index (χ1v) is 6.01. The second-order valence-corrected chi connectivity index (χ2v) is 5.17. The number of hydrogen-bond acceptors (Lipinski definition) is 4. The third-order valence-corrected chi connectivity index (χ3v) is 4.40. The highest BCUT2D eigenvalue weighted by Crippen LogP contribution is 2.42. The first-order valence-electron chi connectivity index (χ1n) is 5.13. The largest absolute Gasteiger partial charge is 0.465 e. The predicted molar refractivity (Wildman–Crippen MR) is 58.2 cm³/mol. The molecule has 6 heteroatoms. The van der Waals surface area contributed by atoms with Gasteiger partial charge in [-0.3, -0.25) is 0 Å². The molecule has 3 rings (SSSR count). The Balaban J connectivity index is 1.96. The molecule has 2 atom stereocenters. The fourth-order valence-corrected chi connectivity index (χ4v) is 3.45. The van der Waals surface area contributed by atoms with Crippen LogP contribution in [0.3, 0.4) is 0 Å². The molecular formula is C10H12N2O3S. The Morgan fingerprint density at radius 3 is 3.31 bits per heavy atom. The lowest BCUT2D eigenvalue weighted by atomic mass is 9.88. The molecule has 2 aliphatic rings. The molecule has 2 aliphatic heterocycles. The van der Waals surface area contributed by atoms with Crippen LogP contribution in [0.4, 0.5) is 4.79 Å². The number of fused-ring (bicyclic) bond motifs is 1. The Kier molecular flexibility index (Phi) is 2.17. The smallest absolute Gasteiger partial charge is 0.407 e. The zero-order valence-electron chi connectivity index (χ0n) is 8.55. The van der Waals surface area contributed by atoms with E-state index in [1.807, 2.05) is 17.5 Å². The van der Waals surface area contributed by atoms with E-state index in [4.69, 9.17) is 9.94 Å². The van der Waals surface area contributed by atoms with Crippen LogP contribution in [0, 0.1) is 5.92 Å². The van der Waals surface area contributed by atoms with Gasteiger partial charge >= 0.3 is 6.09 Å². The van der Waals surface area contributed by atoms with Crippen LogP contribution in [-0.4, -0.2) is 35.8 Å². The van der Waals surface area contributed by atoms with E-state index in [-0.39, 0.29) is 11.5 Å². The SMILES string of the molecule is O=C(O)N1CC2CONC2(c2cccs2)C1. The van der Waals surface area contributed by atoms with E-state index >= 15 is 0 Å². The number of nitrogens with one attached hydrogen (secondary N) is 1. The number of hydroxylamine groups is 1. The van der Waals surface area contributed by atoms with Gasteiger partial charge in [0, 0.05) is 23.9 Å². The van der Waals surface area contributed by atoms with Gasteiger partial charge in [0.25, 0.3) is 0 Å². The monoisotopic (exact) mass is 240 g/mol. The minimum absolute atomic E-state index is 0.210. The maximum atomic E-state index is 11.0. The quantitative estimate of drug-likeness (QED) is 0.771. The van der Waals surface area contributed by atoms with Crippen LogP contribution in [0.15, 0.2) is 17.5 Å². The van der Waals surface area contributed by atoms with Crippen LogP contribution in [0.25, 0.3) is 0 Å². The molecule has 86 valence electrons. The zero-order valence-corrected chi connectivity index (χ0v) is 9.37. The number of likely N-dealkylation sites (tertiary alicyclic amines) is 1. The molecule has 0 aliphatic carbocycles. The van der Waals surface area contributed by atoms with Crippen molar-refractivity contribution in [3.8, 4) is 0 Å². The van der Waals surface area contributed by atoms with Crippen molar-refractivity contribution in [1.29, 1.82) is 0 Å². The van der Waals surface area contributed by atoms with Gasteiger partial charge in [0.2, 0.25) is 0 Å². The number of rotatable bonds is 1. The van der Waals surface area contributed by atoms with Crippen molar-refractivity contribution >= 4 is 17.4 Å². The Labute approximate surface area is 96.6 Å². The van der Waals surface area contributed by atoms with Crippen LogP contribution < -0.4 is 5.48 Å². The molecule has 3 heterocycles. The molecule has 2 fully saturated rings. The highest BCUT2D eigenvalue weighted by Gasteiger charge is 2.53. The van der Waals surface area contributed by atoms with Gasteiger partial charge in [-0.15, -0.1) is 11.3 Å². The molecule has 2 unspecified atom stereocenters. The fraction of sp³-hybridized carbons (Fsp3) is 0.500. The number of carbonyl (C=O) groups is 1. The summed E-state index contributed by atoms with van der Waals surface area (Å²) in [6.45, 7) is 1.58. The molecule has 1 amide bonds. The number of hydrogen-bond donors (Lipinski definition) is 2. The minimum Gasteiger partial charge on any atom is -0.465 e. The molecule has 0 spiro atoms. The summed E-state index contributed by atoms with van der Waals surface area (Å²) in [7, 11) is 0. The maximum Gasteiger partial charge on any atom is 0.407 e. The average molecular weight is 240 g/mol. The van der Waals surface area contributed by atoms with Crippen molar-refractivity contribution in [1.82, 2.24) is 10.4 Å². The number of amides is 1. The van der Waals surface area contributed by atoms with Crippen molar-refractivity contribution in [3.05, 3.63) is 22.4 Å². The van der Waals surface area contributed by atoms with Crippen molar-refractivity contribution in [3.63, 3.8) is 0 Å². The first kappa shape index (κ1) is 10.1. The van der Waals surface area contributed by atoms with E-state index in [9.17, 15) is 4.79 Å². The molecule has 16 heavy (non-hydrogen) atoms. The first-order chi connectivity index (χ1) is 7.72. The lowest BCUT2D eigenvalue weighted by Crippen LogP contribution is -2.43. The van der Waals surface area contributed by atoms with Crippen molar-refractivity contribution in [2.45, 2.75) is 5.54 Å². The summed E-state index contributed by atoms with van der Waals surface area (Å²) < 4.78 is 0. The highest BCUT2D eigenvalue weighted by atomic mass is 32.1. The molecule has 5 nitrogen and oxygen atoms in total. The van der Waals surface area contributed by atoms with Gasteiger partial charge in [-0.1, -0.05) is 6.07 Å². The number of thiophene rings is 1. The molecule has 0 saturated carbocycles. The van der Waals surface area contributed by atoms with Crippen molar-refractivity contribution in [2.24, 2.45) is 5.92 Å². The van der Waals surface area contributed by atoms with Crippen molar-refractivity contribution in [2.75, 3.05) is 19.7 Å². The van der Waals surface area contributed by atoms with Gasteiger partial charge < -0.3 is 14.8 Å². The number of nitrogens with zero attached hydrogens (tertiary/aromatic N) is 1. The van der Waals surface area contributed by atoms with Crippen LogP contribution in [0.1, 0.15) is 4.88 Å². The third-order valence-electron chi connectivity index (χ3n) is 3.35. The Morgan fingerprint density at radius 1 is 1.75 bits per heavy atom. The Bertz CT molecular complexity index is 408. The van der Waals surface area contributed by atoms with Gasteiger partial charge in [-0.05, 0) is 11.4 Å². The van der Waals surface area contributed by atoms with Crippen LogP contribution >= 0.6 is 11.3 Å². The molecule has 0 aromatic carbocycles.